The molecule has 0 saturated carbocycles. The molecule has 10 nitrogen and oxygen atoms in total. The van der Waals surface area contributed by atoms with E-state index in [9.17, 15) is 19.2 Å². The van der Waals surface area contributed by atoms with Gasteiger partial charge in [-0.2, -0.15) is 0 Å². The largest absolute Gasteiger partial charge is 0.497 e. The molecule has 2 aromatic heterocycles. The molecular weight excluding hydrogens is 380 g/mol. The van der Waals surface area contributed by atoms with Crippen LogP contribution in [0.4, 0.5) is 0 Å². The van der Waals surface area contributed by atoms with E-state index in [0.29, 0.717) is 11.3 Å². The molecule has 2 N–H and O–H groups in total. The molecule has 0 radical (unpaired) electrons. The highest BCUT2D eigenvalue weighted by atomic mass is 16.6. The Labute approximate surface area is 164 Å². The standard InChI is InChI=1S/C19H20N4O6/c1-19(2,3)29-14(24)9-23-8-12(17(26)22-18(23)27)15-20-13-6-5-10(28-4)7-11(13)16(25)21-15/h5-8H,9H2,1-4H3,(H,20,21,25)(H,22,26,27). The Morgan fingerprint density at radius 1 is 1.14 bits per heavy atom. The highest BCUT2D eigenvalue weighted by molar-refractivity contribution is 5.80. The third-order valence-corrected chi connectivity index (χ3v) is 3.90. The molecule has 3 rings (SSSR count). The van der Waals surface area contributed by atoms with Gasteiger partial charge in [0.05, 0.1) is 23.6 Å². The summed E-state index contributed by atoms with van der Waals surface area (Å²) in [5.41, 5.74) is -2.45. The van der Waals surface area contributed by atoms with E-state index >= 15 is 0 Å². The SMILES string of the molecule is COc1ccc2nc(-c3cn(CC(=O)OC(C)(C)C)c(=O)[nH]c3=O)[nH]c(=O)c2c1. The number of ether oxygens (including phenoxy) is 2. The minimum atomic E-state index is -0.780. The summed E-state index contributed by atoms with van der Waals surface area (Å²) in [4.78, 5) is 57.8. The Kier molecular flexibility index (Phi) is 5.10. The number of carbonyl (C=O) groups is 1. The summed E-state index contributed by atoms with van der Waals surface area (Å²) in [5.74, 6) is -0.196. The van der Waals surface area contributed by atoms with Crippen LogP contribution >= 0.6 is 0 Å². The zero-order chi connectivity index (χ0) is 21.3. The number of nitrogens with one attached hydrogen (secondary N) is 2. The molecule has 0 atom stereocenters. The number of aromatic nitrogens is 4. The second kappa shape index (κ2) is 7.38. The van der Waals surface area contributed by atoms with Crippen LogP contribution < -0.4 is 21.5 Å². The van der Waals surface area contributed by atoms with Gasteiger partial charge in [0.25, 0.3) is 11.1 Å². The van der Waals surface area contributed by atoms with Gasteiger partial charge in [0.2, 0.25) is 0 Å². The Morgan fingerprint density at radius 2 is 1.86 bits per heavy atom. The maximum Gasteiger partial charge on any atom is 0.328 e. The second-order valence-corrected chi connectivity index (χ2v) is 7.31. The first-order valence-electron chi connectivity index (χ1n) is 8.71. The number of aromatic amines is 2. The number of H-pyrrole nitrogens is 2. The minimum Gasteiger partial charge on any atom is -0.497 e. The van der Waals surface area contributed by atoms with E-state index < -0.39 is 34.9 Å². The molecule has 0 bridgehead atoms. The van der Waals surface area contributed by atoms with E-state index in [1.165, 1.54) is 19.4 Å². The van der Waals surface area contributed by atoms with Crippen LogP contribution in [-0.4, -0.2) is 38.2 Å². The van der Waals surface area contributed by atoms with Gasteiger partial charge < -0.3 is 14.5 Å². The van der Waals surface area contributed by atoms with Gasteiger partial charge in [-0.25, -0.2) is 9.78 Å². The van der Waals surface area contributed by atoms with Crippen LogP contribution in [0.25, 0.3) is 22.3 Å². The normalized spacial score (nSPS) is 11.4. The van der Waals surface area contributed by atoms with Crippen molar-refractivity contribution in [2.45, 2.75) is 32.9 Å². The zero-order valence-corrected chi connectivity index (χ0v) is 16.4. The van der Waals surface area contributed by atoms with Crippen molar-refractivity contribution >= 4 is 16.9 Å². The van der Waals surface area contributed by atoms with Crippen molar-refractivity contribution in [2.24, 2.45) is 0 Å². The van der Waals surface area contributed by atoms with E-state index in [1.54, 1.807) is 32.9 Å². The molecule has 3 aromatic rings. The fraction of sp³-hybridized carbons (Fsp3) is 0.316. The van der Waals surface area contributed by atoms with Gasteiger partial charge in [-0.05, 0) is 39.0 Å². The molecule has 0 aliphatic carbocycles. The lowest BCUT2D eigenvalue weighted by molar-refractivity contribution is -0.155. The van der Waals surface area contributed by atoms with Gasteiger partial charge in [-0.3, -0.25) is 23.9 Å². The Balaban J connectivity index is 2.07. The first kappa shape index (κ1) is 20.1. The molecule has 0 aliphatic rings. The molecule has 10 heteroatoms. The lowest BCUT2D eigenvalue weighted by atomic mass is 10.2. The number of hydrogen-bond acceptors (Lipinski definition) is 7. The summed E-state index contributed by atoms with van der Waals surface area (Å²) in [7, 11) is 1.48. The third-order valence-electron chi connectivity index (χ3n) is 3.90. The topological polar surface area (TPSA) is 136 Å². The fourth-order valence-electron chi connectivity index (χ4n) is 2.68. The van der Waals surface area contributed by atoms with Gasteiger partial charge in [0.15, 0.2) is 0 Å². The van der Waals surface area contributed by atoms with Crippen molar-refractivity contribution in [1.29, 1.82) is 0 Å². The van der Waals surface area contributed by atoms with Crippen LogP contribution in [0.5, 0.6) is 5.75 Å². The van der Waals surface area contributed by atoms with Gasteiger partial charge in [-0.1, -0.05) is 0 Å². The van der Waals surface area contributed by atoms with Crippen molar-refractivity contribution in [3.63, 3.8) is 0 Å². The fourth-order valence-corrected chi connectivity index (χ4v) is 2.68. The number of rotatable bonds is 4. The second-order valence-electron chi connectivity index (χ2n) is 7.31. The minimum absolute atomic E-state index is 0.0353. The average molecular weight is 400 g/mol. The van der Waals surface area contributed by atoms with Crippen molar-refractivity contribution < 1.29 is 14.3 Å². The Morgan fingerprint density at radius 3 is 2.52 bits per heavy atom. The van der Waals surface area contributed by atoms with Crippen LogP contribution in [0.3, 0.4) is 0 Å². The first-order chi connectivity index (χ1) is 13.6. The summed E-state index contributed by atoms with van der Waals surface area (Å²) in [5, 5.41) is 0.284. The predicted octanol–water partition coefficient (Wildman–Crippen LogP) is 0.790. The number of esters is 1. The molecule has 0 unspecified atom stereocenters. The van der Waals surface area contributed by atoms with Crippen molar-refractivity contribution in [2.75, 3.05) is 7.11 Å². The van der Waals surface area contributed by atoms with E-state index in [2.05, 4.69) is 15.0 Å². The molecule has 29 heavy (non-hydrogen) atoms. The molecule has 0 spiro atoms. The van der Waals surface area contributed by atoms with Crippen LogP contribution in [0.15, 0.2) is 38.8 Å². The van der Waals surface area contributed by atoms with E-state index in [0.717, 1.165) is 4.57 Å². The van der Waals surface area contributed by atoms with E-state index in [4.69, 9.17) is 9.47 Å². The highest BCUT2D eigenvalue weighted by Crippen LogP contribution is 2.18. The van der Waals surface area contributed by atoms with Crippen molar-refractivity contribution in [1.82, 2.24) is 19.5 Å². The maximum atomic E-state index is 12.4. The lowest BCUT2D eigenvalue weighted by Crippen LogP contribution is -2.35. The molecule has 0 amide bonds. The number of nitrogens with zero attached hydrogens (tertiary/aromatic N) is 2. The molecule has 0 aliphatic heterocycles. The summed E-state index contributed by atoms with van der Waals surface area (Å²) < 4.78 is 11.3. The Hall–Kier alpha value is -3.69. The molecule has 0 saturated heterocycles. The number of hydrogen-bond donors (Lipinski definition) is 2. The first-order valence-corrected chi connectivity index (χ1v) is 8.71. The molecule has 0 fully saturated rings. The Bertz CT molecular complexity index is 1260. The molecule has 152 valence electrons. The van der Waals surface area contributed by atoms with Crippen LogP contribution in [0.1, 0.15) is 20.8 Å². The monoisotopic (exact) mass is 400 g/mol. The van der Waals surface area contributed by atoms with Crippen LogP contribution in [-0.2, 0) is 16.1 Å². The number of benzene rings is 1. The predicted molar refractivity (Wildman–Crippen MR) is 105 cm³/mol. The maximum absolute atomic E-state index is 12.4. The summed E-state index contributed by atoms with van der Waals surface area (Å²) >= 11 is 0. The summed E-state index contributed by atoms with van der Waals surface area (Å²) in [6.45, 7) is 4.69. The van der Waals surface area contributed by atoms with Crippen molar-refractivity contribution in [3.8, 4) is 17.1 Å². The molecule has 2 heterocycles. The number of fused-ring (bicyclic) bond motifs is 1. The summed E-state index contributed by atoms with van der Waals surface area (Å²) in [6.07, 6.45) is 1.17. The third kappa shape index (κ3) is 4.42. The van der Waals surface area contributed by atoms with Gasteiger partial charge >= 0.3 is 11.7 Å². The van der Waals surface area contributed by atoms with Gasteiger partial charge in [0, 0.05) is 6.20 Å². The number of methoxy groups -OCH3 is 1. The average Bonchev–Trinajstić information content (AvgIpc) is 2.62. The van der Waals surface area contributed by atoms with Crippen LogP contribution in [0.2, 0.25) is 0 Å². The molecular formula is C19H20N4O6. The van der Waals surface area contributed by atoms with E-state index in [-0.39, 0.29) is 16.8 Å². The lowest BCUT2D eigenvalue weighted by Gasteiger charge is -2.19. The van der Waals surface area contributed by atoms with Gasteiger partial charge in [0.1, 0.15) is 23.7 Å². The highest BCUT2D eigenvalue weighted by Gasteiger charge is 2.18. The smallest absolute Gasteiger partial charge is 0.328 e. The van der Waals surface area contributed by atoms with Gasteiger partial charge in [-0.15, -0.1) is 0 Å². The molecule has 1 aromatic carbocycles. The van der Waals surface area contributed by atoms with Crippen LogP contribution in [0, 0.1) is 0 Å². The van der Waals surface area contributed by atoms with Crippen molar-refractivity contribution in [3.05, 3.63) is 55.6 Å². The quantitative estimate of drug-likeness (QED) is 0.618. The summed E-state index contributed by atoms with van der Waals surface area (Å²) in [6, 6.07) is 4.74. The zero-order valence-electron chi connectivity index (χ0n) is 16.4. The van der Waals surface area contributed by atoms with E-state index in [1.807, 2.05) is 0 Å². The number of carbonyl (C=O) groups excluding carboxylic acids is 1.